The summed E-state index contributed by atoms with van der Waals surface area (Å²) in [5, 5.41) is 13.1. The Bertz CT molecular complexity index is 1250. The molecule has 1 heterocycles. The molecule has 0 aromatic heterocycles. The number of nitrogens with one attached hydrogen (secondary N) is 1. The van der Waals surface area contributed by atoms with Crippen molar-refractivity contribution < 1.29 is 9.59 Å². The highest BCUT2D eigenvalue weighted by molar-refractivity contribution is 8.05. The molecule has 0 bridgehead atoms. The molecule has 1 aliphatic heterocycles. The highest BCUT2D eigenvalue weighted by atomic mass is 35.5. The summed E-state index contributed by atoms with van der Waals surface area (Å²) in [6.07, 6.45) is 0.494. The van der Waals surface area contributed by atoms with E-state index in [0.717, 1.165) is 11.1 Å². The molecule has 5 nitrogen and oxygen atoms in total. The average molecular weight is 474 g/mol. The fourth-order valence-corrected chi connectivity index (χ4v) is 4.91. The molecule has 1 atom stereocenters. The molecule has 4 rings (SSSR count). The molecule has 0 aliphatic carbocycles. The number of anilines is 2. The van der Waals surface area contributed by atoms with Crippen LogP contribution in [0.4, 0.5) is 11.4 Å². The van der Waals surface area contributed by atoms with Gasteiger partial charge in [-0.05, 0) is 55.3 Å². The van der Waals surface area contributed by atoms with Crippen molar-refractivity contribution in [3.63, 3.8) is 0 Å². The number of rotatable bonds is 5. The van der Waals surface area contributed by atoms with E-state index in [1.54, 1.807) is 24.3 Å². The Kier molecular flexibility index (Phi) is 6.83. The summed E-state index contributed by atoms with van der Waals surface area (Å²) < 4.78 is 0. The van der Waals surface area contributed by atoms with E-state index < -0.39 is 11.2 Å². The van der Waals surface area contributed by atoms with Gasteiger partial charge in [-0.2, -0.15) is 5.26 Å². The second kappa shape index (κ2) is 9.95. The monoisotopic (exact) mass is 473 g/mol. The van der Waals surface area contributed by atoms with Gasteiger partial charge in [0.1, 0.15) is 16.7 Å². The first-order chi connectivity index (χ1) is 16.0. The number of carbonyl (C=O) groups is 2. The zero-order valence-corrected chi connectivity index (χ0v) is 19.4. The molecule has 1 N–H and O–H groups in total. The molecule has 0 unspecified atom stereocenters. The van der Waals surface area contributed by atoms with Gasteiger partial charge in [0.2, 0.25) is 5.91 Å². The lowest BCUT2D eigenvalue weighted by molar-refractivity contribution is -0.117. The van der Waals surface area contributed by atoms with Gasteiger partial charge in [-0.25, -0.2) is 0 Å². The number of carbonyl (C=O) groups excluding carboxylic acids is 2. The van der Waals surface area contributed by atoms with E-state index in [1.807, 2.05) is 67.6 Å². The highest BCUT2D eigenvalue weighted by Crippen LogP contribution is 2.42. The van der Waals surface area contributed by atoms with Crippen LogP contribution in [-0.4, -0.2) is 17.1 Å². The van der Waals surface area contributed by atoms with Crippen molar-refractivity contribution in [3.05, 3.63) is 106 Å². The lowest BCUT2D eigenvalue weighted by Crippen LogP contribution is -2.30. The number of benzene rings is 3. The van der Waals surface area contributed by atoms with E-state index in [0.29, 0.717) is 27.8 Å². The van der Waals surface area contributed by atoms with Gasteiger partial charge in [-0.1, -0.05) is 71.4 Å². The summed E-state index contributed by atoms with van der Waals surface area (Å²) in [4.78, 5) is 28.0. The predicted molar refractivity (Wildman–Crippen MR) is 133 cm³/mol. The second-order valence-electron chi connectivity index (χ2n) is 7.56. The maximum absolute atomic E-state index is 13.5. The van der Waals surface area contributed by atoms with Crippen LogP contribution in [0.1, 0.15) is 11.1 Å². The van der Waals surface area contributed by atoms with Crippen LogP contribution in [-0.2, 0) is 16.0 Å². The molecule has 3 aromatic carbocycles. The summed E-state index contributed by atoms with van der Waals surface area (Å²) >= 11 is 7.16. The fourth-order valence-electron chi connectivity index (χ4n) is 3.47. The maximum Gasteiger partial charge on any atom is 0.269 e. The van der Waals surface area contributed by atoms with E-state index in [9.17, 15) is 14.9 Å². The van der Waals surface area contributed by atoms with Crippen molar-refractivity contribution in [3.8, 4) is 6.07 Å². The Balaban J connectivity index is 1.72. The Hall–Kier alpha value is -3.53. The van der Waals surface area contributed by atoms with Crippen molar-refractivity contribution >= 4 is 46.6 Å². The molecule has 33 heavy (non-hydrogen) atoms. The third-order valence-electron chi connectivity index (χ3n) is 5.16. The largest absolute Gasteiger partial charge is 0.321 e. The lowest BCUT2D eigenvalue weighted by Gasteiger charge is -2.19. The van der Waals surface area contributed by atoms with Gasteiger partial charge in [0.15, 0.2) is 0 Å². The van der Waals surface area contributed by atoms with E-state index >= 15 is 0 Å². The van der Waals surface area contributed by atoms with Crippen LogP contribution in [0.15, 0.2) is 89.5 Å². The first-order valence-corrected chi connectivity index (χ1v) is 11.5. The molecule has 1 saturated heterocycles. The van der Waals surface area contributed by atoms with Gasteiger partial charge in [-0.15, -0.1) is 0 Å². The molecular formula is C26H20ClN3O2S. The average Bonchev–Trinajstić information content (AvgIpc) is 3.12. The van der Waals surface area contributed by atoms with Gasteiger partial charge in [-0.3, -0.25) is 14.5 Å². The molecule has 0 radical (unpaired) electrons. The molecule has 3 aromatic rings. The Morgan fingerprint density at radius 2 is 1.73 bits per heavy atom. The summed E-state index contributed by atoms with van der Waals surface area (Å²) in [7, 11) is 0. The summed E-state index contributed by atoms with van der Waals surface area (Å²) in [5.74, 6) is -0.734. The molecule has 0 spiro atoms. The van der Waals surface area contributed by atoms with Crippen molar-refractivity contribution in [2.45, 2.75) is 18.6 Å². The van der Waals surface area contributed by atoms with Crippen LogP contribution in [0.25, 0.3) is 0 Å². The normalized spacial score (nSPS) is 16.9. The zero-order chi connectivity index (χ0) is 23.4. The molecule has 164 valence electrons. The molecule has 2 amide bonds. The van der Waals surface area contributed by atoms with E-state index in [2.05, 4.69) is 5.32 Å². The van der Waals surface area contributed by atoms with E-state index in [4.69, 9.17) is 11.6 Å². The fraction of sp³-hybridized carbons (Fsp3) is 0.115. The highest BCUT2D eigenvalue weighted by Gasteiger charge is 2.40. The lowest BCUT2D eigenvalue weighted by atomic mass is 10.1. The Morgan fingerprint density at radius 1 is 1.06 bits per heavy atom. The van der Waals surface area contributed by atoms with Crippen LogP contribution in [0.5, 0.6) is 0 Å². The number of aryl methyl sites for hydroxylation is 1. The minimum atomic E-state index is -0.576. The number of hydrogen-bond acceptors (Lipinski definition) is 4. The first kappa shape index (κ1) is 22.7. The number of amides is 2. The van der Waals surface area contributed by atoms with E-state index in [1.165, 1.54) is 16.7 Å². The van der Waals surface area contributed by atoms with Crippen LogP contribution in [0.2, 0.25) is 5.02 Å². The van der Waals surface area contributed by atoms with Crippen LogP contribution in [0.3, 0.4) is 0 Å². The van der Waals surface area contributed by atoms with E-state index in [-0.39, 0.29) is 11.5 Å². The molecule has 1 fully saturated rings. The SMILES string of the molecule is Cc1ccc(N2C(=O)[C@@H](Cc3ccccc3)S/C2=C(\C#N)C(=O)Nc2ccc(Cl)cc2)cc1. The van der Waals surface area contributed by atoms with Gasteiger partial charge in [0, 0.05) is 16.4 Å². The topological polar surface area (TPSA) is 73.2 Å². The standard InChI is InChI=1S/C26H20ClN3O2S/c1-17-7-13-21(14-8-17)30-25(32)23(15-18-5-3-2-4-6-18)33-26(30)22(16-28)24(31)29-20-11-9-19(27)10-12-20/h2-14,23H,15H2,1H3,(H,29,31)/b26-22+/t23-/m1/s1. The number of nitrogens with zero attached hydrogens (tertiary/aromatic N) is 2. The molecule has 1 aliphatic rings. The van der Waals surface area contributed by atoms with Gasteiger partial charge in [0.05, 0.1) is 5.25 Å². The number of thioether (sulfide) groups is 1. The number of hydrogen-bond donors (Lipinski definition) is 1. The van der Waals surface area contributed by atoms with Crippen LogP contribution >= 0.6 is 23.4 Å². The maximum atomic E-state index is 13.5. The quantitative estimate of drug-likeness (QED) is 0.380. The smallest absolute Gasteiger partial charge is 0.269 e. The summed E-state index contributed by atoms with van der Waals surface area (Å²) in [5.41, 5.74) is 3.08. The van der Waals surface area contributed by atoms with Crippen LogP contribution in [0, 0.1) is 18.3 Å². The van der Waals surface area contributed by atoms with Crippen LogP contribution < -0.4 is 10.2 Å². The molecule has 7 heteroatoms. The Labute approximate surface area is 201 Å². The van der Waals surface area contributed by atoms with Crippen molar-refractivity contribution in [1.82, 2.24) is 0 Å². The Morgan fingerprint density at radius 3 is 2.36 bits per heavy atom. The number of halogens is 1. The summed E-state index contributed by atoms with van der Waals surface area (Å²) in [6.45, 7) is 1.96. The minimum absolute atomic E-state index is 0.112. The predicted octanol–water partition coefficient (Wildman–Crippen LogP) is 5.71. The molecular weight excluding hydrogens is 454 g/mol. The zero-order valence-electron chi connectivity index (χ0n) is 17.8. The van der Waals surface area contributed by atoms with Crippen molar-refractivity contribution in [2.75, 3.05) is 10.2 Å². The van der Waals surface area contributed by atoms with Gasteiger partial charge >= 0.3 is 0 Å². The minimum Gasteiger partial charge on any atom is -0.321 e. The van der Waals surface area contributed by atoms with Crippen molar-refractivity contribution in [1.29, 1.82) is 5.26 Å². The number of nitriles is 1. The van der Waals surface area contributed by atoms with Gasteiger partial charge in [0.25, 0.3) is 5.91 Å². The first-order valence-electron chi connectivity index (χ1n) is 10.3. The molecule has 0 saturated carbocycles. The third-order valence-corrected chi connectivity index (χ3v) is 6.68. The van der Waals surface area contributed by atoms with Crippen molar-refractivity contribution in [2.24, 2.45) is 0 Å². The van der Waals surface area contributed by atoms with Gasteiger partial charge < -0.3 is 5.32 Å². The third kappa shape index (κ3) is 5.11. The second-order valence-corrected chi connectivity index (χ2v) is 9.19. The summed E-state index contributed by atoms with van der Waals surface area (Å²) in [6, 6.07) is 25.8.